The molecule has 0 aromatic heterocycles. The molecule has 1 unspecified atom stereocenters. The highest BCUT2D eigenvalue weighted by Gasteiger charge is 2.28. The summed E-state index contributed by atoms with van der Waals surface area (Å²) in [4.78, 5) is 34.0. The highest BCUT2D eigenvalue weighted by Crippen LogP contribution is 2.14. The maximum absolute atomic E-state index is 11.8. The molecule has 3 amide bonds. The Bertz CT molecular complexity index is 371. The van der Waals surface area contributed by atoms with Crippen molar-refractivity contribution in [3.8, 4) is 0 Å². The van der Waals surface area contributed by atoms with E-state index in [1.54, 1.807) is 0 Å². The number of carbonyl (C=O) groups excluding carboxylic acids is 3. The number of nitrogens with two attached hydrogens (primary N) is 1. The van der Waals surface area contributed by atoms with Crippen LogP contribution in [0, 0.1) is 5.92 Å². The summed E-state index contributed by atoms with van der Waals surface area (Å²) in [6.45, 7) is 8.36. The number of nitrogens with one attached hydrogen (secondary N) is 3. The summed E-state index contributed by atoms with van der Waals surface area (Å²) in [6, 6.07) is 0. The Kier molecular flexibility index (Phi) is 8.61. The summed E-state index contributed by atoms with van der Waals surface area (Å²) < 4.78 is 0. The van der Waals surface area contributed by atoms with Crippen molar-refractivity contribution in [1.29, 1.82) is 0 Å². The van der Waals surface area contributed by atoms with Crippen LogP contribution in [0.1, 0.15) is 40.5 Å². The molecule has 0 saturated heterocycles. The molecular weight excluding hydrogens is 272 g/mol. The highest BCUT2D eigenvalue weighted by molar-refractivity contribution is 5.84. The fourth-order valence-electron chi connectivity index (χ4n) is 1.57. The van der Waals surface area contributed by atoms with E-state index in [9.17, 15) is 14.4 Å². The van der Waals surface area contributed by atoms with Crippen LogP contribution < -0.4 is 21.7 Å². The molecule has 7 heteroatoms. The van der Waals surface area contributed by atoms with E-state index in [1.807, 2.05) is 20.8 Å². The lowest BCUT2D eigenvalue weighted by Crippen LogP contribution is -2.55. The van der Waals surface area contributed by atoms with E-state index in [-0.39, 0.29) is 36.5 Å². The molecule has 0 aliphatic rings. The van der Waals surface area contributed by atoms with E-state index in [0.29, 0.717) is 19.6 Å². The Morgan fingerprint density at radius 1 is 1.05 bits per heavy atom. The number of amides is 3. The van der Waals surface area contributed by atoms with Crippen LogP contribution in [-0.4, -0.2) is 42.9 Å². The number of carbonyl (C=O) groups is 3. The standard InChI is InChI=1S/C14H28N4O3/c1-10(2)14(4,9-15)18-13(21)6-5-12(20)17-8-7-16-11(3)19/h10H,5-9,15H2,1-4H3,(H,16,19)(H,17,20)(H,18,21). The maximum Gasteiger partial charge on any atom is 0.220 e. The third-order valence-corrected chi connectivity index (χ3v) is 3.52. The summed E-state index contributed by atoms with van der Waals surface area (Å²) in [5.41, 5.74) is 5.23. The summed E-state index contributed by atoms with van der Waals surface area (Å²) in [6.07, 6.45) is 0.235. The molecule has 0 fully saturated rings. The number of hydrogen-bond acceptors (Lipinski definition) is 4. The normalized spacial score (nSPS) is 13.4. The molecule has 122 valence electrons. The average Bonchev–Trinajstić information content (AvgIpc) is 2.40. The quantitative estimate of drug-likeness (QED) is 0.430. The zero-order chi connectivity index (χ0) is 16.5. The molecule has 21 heavy (non-hydrogen) atoms. The van der Waals surface area contributed by atoms with Crippen molar-refractivity contribution in [2.75, 3.05) is 19.6 Å². The molecule has 0 bridgehead atoms. The molecule has 0 aromatic rings. The zero-order valence-corrected chi connectivity index (χ0v) is 13.4. The van der Waals surface area contributed by atoms with E-state index in [0.717, 1.165) is 0 Å². The molecule has 0 saturated carbocycles. The van der Waals surface area contributed by atoms with Crippen LogP contribution in [0.25, 0.3) is 0 Å². The van der Waals surface area contributed by atoms with Gasteiger partial charge < -0.3 is 21.7 Å². The van der Waals surface area contributed by atoms with E-state index in [1.165, 1.54) is 6.92 Å². The highest BCUT2D eigenvalue weighted by atomic mass is 16.2. The predicted octanol–water partition coefficient (Wildman–Crippen LogP) is -0.491. The van der Waals surface area contributed by atoms with Crippen LogP contribution in [0.2, 0.25) is 0 Å². The van der Waals surface area contributed by atoms with Crippen LogP contribution in [0.4, 0.5) is 0 Å². The second-order valence-corrected chi connectivity index (χ2v) is 5.66. The second kappa shape index (κ2) is 9.33. The molecule has 7 nitrogen and oxygen atoms in total. The van der Waals surface area contributed by atoms with Crippen molar-refractivity contribution >= 4 is 17.7 Å². The van der Waals surface area contributed by atoms with Crippen LogP contribution in [-0.2, 0) is 14.4 Å². The maximum atomic E-state index is 11.8. The van der Waals surface area contributed by atoms with Gasteiger partial charge in [-0.1, -0.05) is 13.8 Å². The molecule has 0 radical (unpaired) electrons. The third kappa shape index (κ3) is 8.29. The van der Waals surface area contributed by atoms with Crippen molar-refractivity contribution in [3.05, 3.63) is 0 Å². The van der Waals surface area contributed by atoms with Crippen LogP contribution in [0.5, 0.6) is 0 Å². The zero-order valence-electron chi connectivity index (χ0n) is 13.4. The minimum atomic E-state index is -0.459. The Hall–Kier alpha value is -1.63. The summed E-state index contributed by atoms with van der Waals surface area (Å²) >= 11 is 0. The van der Waals surface area contributed by atoms with Crippen LogP contribution >= 0.6 is 0 Å². The molecule has 0 heterocycles. The predicted molar refractivity (Wildman–Crippen MR) is 81.4 cm³/mol. The molecule has 0 rings (SSSR count). The van der Waals surface area contributed by atoms with Gasteiger partial charge in [-0.25, -0.2) is 0 Å². The Labute approximate surface area is 126 Å². The number of rotatable bonds is 9. The Balaban J connectivity index is 3.97. The smallest absolute Gasteiger partial charge is 0.220 e. The second-order valence-electron chi connectivity index (χ2n) is 5.66. The van der Waals surface area contributed by atoms with Gasteiger partial charge in [-0.2, -0.15) is 0 Å². The summed E-state index contributed by atoms with van der Waals surface area (Å²) in [5.74, 6) is -0.334. The van der Waals surface area contributed by atoms with Gasteiger partial charge in [0, 0.05) is 39.4 Å². The summed E-state index contributed by atoms with van der Waals surface area (Å²) in [7, 11) is 0. The van der Waals surface area contributed by atoms with Crippen molar-refractivity contribution < 1.29 is 14.4 Å². The number of hydrogen-bond donors (Lipinski definition) is 4. The SMILES string of the molecule is CC(=O)NCCNC(=O)CCC(=O)NC(C)(CN)C(C)C. The first-order chi connectivity index (χ1) is 9.71. The first-order valence-corrected chi connectivity index (χ1v) is 7.23. The molecule has 5 N–H and O–H groups in total. The molecule has 1 atom stereocenters. The topological polar surface area (TPSA) is 113 Å². The van der Waals surface area contributed by atoms with Gasteiger partial charge in [0.05, 0.1) is 5.54 Å². The van der Waals surface area contributed by atoms with E-state index in [2.05, 4.69) is 16.0 Å². The third-order valence-electron chi connectivity index (χ3n) is 3.52. The lowest BCUT2D eigenvalue weighted by Gasteiger charge is -2.33. The fourth-order valence-corrected chi connectivity index (χ4v) is 1.57. The van der Waals surface area contributed by atoms with Crippen molar-refractivity contribution in [3.63, 3.8) is 0 Å². The van der Waals surface area contributed by atoms with E-state index in [4.69, 9.17) is 5.73 Å². The van der Waals surface area contributed by atoms with Crippen molar-refractivity contribution in [2.24, 2.45) is 11.7 Å². The fraction of sp³-hybridized carbons (Fsp3) is 0.786. The van der Waals surface area contributed by atoms with Gasteiger partial charge in [-0.05, 0) is 12.8 Å². The van der Waals surface area contributed by atoms with Crippen molar-refractivity contribution in [2.45, 2.75) is 46.1 Å². The molecule has 0 aromatic carbocycles. The van der Waals surface area contributed by atoms with Gasteiger partial charge in [0.25, 0.3) is 0 Å². The van der Waals surface area contributed by atoms with E-state index < -0.39 is 5.54 Å². The van der Waals surface area contributed by atoms with Gasteiger partial charge >= 0.3 is 0 Å². The molecule has 0 aliphatic carbocycles. The van der Waals surface area contributed by atoms with Crippen molar-refractivity contribution in [1.82, 2.24) is 16.0 Å². The molecule has 0 aliphatic heterocycles. The minimum absolute atomic E-state index is 0.116. The van der Waals surface area contributed by atoms with E-state index >= 15 is 0 Å². The van der Waals surface area contributed by atoms with Gasteiger partial charge in [0.1, 0.15) is 0 Å². The van der Waals surface area contributed by atoms with Gasteiger partial charge in [0.15, 0.2) is 0 Å². The Morgan fingerprint density at radius 3 is 2.05 bits per heavy atom. The molecule has 0 spiro atoms. The lowest BCUT2D eigenvalue weighted by atomic mass is 9.88. The minimum Gasteiger partial charge on any atom is -0.355 e. The largest absolute Gasteiger partial charge is 0.355 e. The van der Waals surface area contributed by atoms with Crippen LogP contribution in [0.3, 0.4) is 0 Å². The Morgan fingerprint density at radius 2 is 1.57 bits per heavy atom. The first kappa shape index (κ1) is 19.4. The van der Waals surface area contributed by atoms with Gasteiger partial charge in [0.2, 0.25) is 17.7 Å². The van der Waals surface area contributed by atoms with Gasteiger partial charge in [-0.3, -0.25) is 14.4 Å². The average molecular weight is 300 g/mol. The van der Waals surface area contributed by atoms with Crippen LogP contribution in [0.15, 0.2) is 0 Å². The lowest BCUT2D eigenvalue weighted by molar-refractivity contribution is -0.127. The van der Waals surface area contributed by atoms with Gasteiger partial charge in [-0.15, -0.1) is 0 Å². The molecular formula is C14H28N4O3. The summed E-state index contributed by atoms with van der Waals surface area (Å²) in [5, 5.41) is 8.08. The first-order valence-electron chi connectivity index (χ1n) is 7.23. The monoisotopic (exact) mass is 300 g/mol.